The fourth-order valence-corrected chi connectivity index (χ4v) is 2.60. The monoisotopic (exact) mass is 316 g/mol. The van der Waals surface area contributed by atoms with Gasteiger partial charge in [0, 0.05) is 6.42 Å². The van der Waals surface area contributed by atoms with Gasteiger partial charge in [0.25, 0.3) is 12.1 Å². The molecule has 2 aliphatic rings. The Morgan fingerprint density at radius 1 is 1.41 bits per heavy atom. The van der Waals surface area contributed by atoms with Crippen LogP contribution in [0.4, 0.5) is 9.18 Å². The number of hydrogen-bond donors (Lipinski definition) is 1. The summed E-state index contributed by atoms with van der Waals surface area (Å²) in [6.45, 7) is 2.15. The lowest BCUT2D eigenvalue weighted by Gasteiger charge is -2.39. The number of hydrogen-bond acceptors (Lipinski definition) is 5. The second-order valence-electron chi connectivity index (χ2n) is 5.43. The van der Waals surface area contributed by atoms with Crippen molar-refractivity contribution in [3.8, 4) is 0 Å². The van der Waals surface area contributed by atoms with Crippen molar-refractivity contribution in [2.24, 2.45) is 0 Å². The average Bonchev–Trinajstić information content (AvgIpc) is 2.90. The van der Waals surface area contributed by atoms with Gasteiger partial charge < -0.3 is 9.47 Å². The topological polar surface area (TPSA) is 84.9 Å². The smallest absolute Gasteiger partial charge is 0.343 e. The standard InChI is InChI=1S/C14H21FN2O5/c1-2-3-4-5-6-7-10(18)22-14-11(15)12(19)16-13(20)17(14)8-9-21-14/h11H,2-9H2,1H3,(H,16,19,20)/t11-,14?/m1/s1. The summed E-state index contributed by atoms with van der Waals surface area (Å²) < 4.78 is 24.4. The lowest BCUT2D eigenvalue weighted by molar-refractivity contribution is -0.278. The van der Waals surface area contributed by atoms with Crippen LogP contribution in [-0.4, -0.2) is 48.0 Å². The van der Waals surface area contributed by atoms with E-state index < -0.39 is 30.0 Å². The molecule has 2 atom stereocenters. The lowest BCUT2D eigenvalue weighted by atomic mass is 10.1. The Hall–Kier alpha value is -1.70. The normalized spacial score (nSPS) is 27.5. The maximum atomic E-state index is 14.2. The number of fused-ring (bicyclic) bond motifs is 1. The number of nitrogens with one attached hydrogen (secondary N) is 1. The van der Waals surface area contributed by atoms with E-state index in [4.69, 9.17) is 9.47 Å². The molecule has 2 fully saturated rings. The molecule has 3 amide bonds. The van der Waals surface area contributed by atoms with E-state index in [1.54, 1.807) is 0 Å². The highest BCUT2D eigenvalue weighted by Crippen LogP contribution is 2.34. The van der Waals surface area contributed by atoms with Gasteiger partial charge >= 0.3 is 17.9 Å². The average molecular weight is 316 g/mol. The number of imide groups is 1. The first-order valence-electron chi connectivity index (χ1n) is 7.63. The second kappa shape index (κ2) is 7.04. The Bertz CT molecular complexity index is 459. The number of urea groups is 1. The predicted molar refractivity (Wildman–Crippen MR) is 73.3 cm³/mol. The molecule has 124 valence electrons. The van der Waals surface area contributed by atoms with Gasteiger partial charge in [-0.05, 0) is 6.42 Å². The number of ether oxygens (including phenoxy) is 2. The zero-order valence-corrected chi connectivity index (χ0v) is 12.6. The van der Waals surface area contributed by atoms with Crippen LogP contribution in [0.15, 0.2) is 0 Å². The highest BCUT2D eigenvalue weighted by molar-refractivity contribution is 6.00. The molecule has 0 aromatic rings. The van der Waals surface area contributed by atoms with Gasteiger partial charge in [0.15, 0.2) is 0 Å². The first kappa shape index (κ1) is 16.7. The summed E-state index contributed by atoms with van der Waals surface area (Å²) in [6.07, 6.45) is 2.55. The number of amides is 3. The minimum absolute atomic E-state index is 0.00486. The highest BCUT2D eigenvalue weighted by Gasteiger charge is 2.62. The summed E-state index contributed by atoms with van der Waals surface area (Å²) >= 11 is 0. The van der Waals surface area contributed by atoms with Crippen LogP contribution >= 0.6 is 0 Å². The second-order valence-corrected chi connectivity index (χ2v) is 5.43. The minimum Gasteiger partial charge on any atom is -0.410 e. The van der Waals surface area contributed by atoms with Crippen LogP contribution in [0.1, 0.15) is 45.4 Å². The predicted octanol–water partition coefficient (Wildman–Crippen LogP) is 1.46. The Morgan fingerprint density at radius 3 is 2.86 bits per heavy atom. The van der Waals surface area contributed by atoms with Crippen molar-refractivity contribution < 1.29 is 28.2 Å². The number of esters is 1. The first-order valence-corrected chi connectivity index (χ1v) is 7.63. The van der Waals surface area contributed by atoms with Gasteiger partial charge in [-0.2, -0.15) is 0 Å². The molecule has 0 aromatic heterocycles. The van der Waals surface area contributed by atoms with Crippen LogP contribution < -0.4 is 5.32 Å². The van der Waals surface area contributed by atoms with Gasteiger partial charge in [-0.15, -0.1) is 0 Å². The first-order chi connectivity index (χ1) is 10.5. The van der Waals surface area contributed by atoms with Crippen molar-refractivity contribution >= 4 is 17.9 Å². The van der Waals surface area contributed by atoms with Crippen LogP contribution in [-0.2, 0) is 19.1 Å². The van der Waals surface area contributed by atoms with E-state index in [9.17, 15) is 18.8 Å². The van der Waals surface area contributed by atoms with Gasteiger partial charge in [-0.1, -0.05) is 32.6 Å². The largest absolute Gasteiger partial charge is 0.410 e. The number of carbonyl (C=O) groups excluding carboxylic acids is 3. The summed E-state index contributed by atoms with van der Waals surface area (Å²) in [4.78, 5) is 36.0. The SMILES string of the molecule is CCCCCCCC(=O)OC12OCCN1C(=O)NC(=O)[C@H]2F. The third kappa shape index (κ3) is 3.21. The van der Waals surface area contributed by atoms with E-state index in [-0.39, 0.29) is 19.6 Å². The lowest BCUT2D eigenvalue weighted by Crippen LogP contribution is -2.69. The van der Waals surface area contributed by atoms with Crippen molar-refractivity contribution in [3.63, 3.8) is 0 Å². The van der Waals surface area contributed by atoms with Gasteiger partial charge in [-0.25, -0.2) is 9.18 Å². The molecular formula is C14H21FN2O5. The quantitative estimate of drug-likeness (QED) is 0.568. The molecule has 0 aliphatic carbocycles. The number of rotatable bonds is 7. The molecular weight excluding hydrogens is 295 g/mol. The molecule has 1 N–H and O–H groups in total. The summed E-state index contributed by atoms with van der Waals surface area (Å²) in [5.41, 5.74) is 0. The Kier molecular flexibility index (Phi) is 5.33. The van der Waals surface area contributed by atoms with Crippen LogP contribution in [0, 0.1) is 0 Å². The van der Waals surface area contributed by atoms with Gasteiger partial charge in [0.1, 0.15) is 0 Å². The summed E-state index contributed by atoms with van der Waals surface area (Å²) in [6, 6.07) is -0.813. The van der Waals surface area contributed by atoms with Crippen molar-refractivity contribution in [2.75, 3.05) is 13.2 Å². The maximum absolute atomic E-state index is 14.2. The molecule has 0 bridgehead atoms. The van der Waals surface area contributed by atoms with Gasteiger partial charge in [0.2, 0.25) is 0 Å². The molecule has 2 aliphatic heterocycles. The number of halogens is 1. The summed E-state index contributed by atoms with van der Waals surface area (Å²) in [7, 11) is 0. The molecule has 0 aromatic carbocycles. The minimum atomic E-state index is -2.25. The van der Waals surface area contributed by atoms with Crippen LogP contribution in [0.2, 0.25) is 0 Å². The van der Waals surface area contributed by atoms with E-state index in [1.165, 1.54) is 0 Å². The zero-order chi connectivity index (χ0) is 16.2. The van der Waals surface area contributed by atoms with Crippen molar-refractivity contribution in [1.29, 1.82) is 0 Å². The van der Waals surface area contributed by atoms with E-state index in [0.29, 0.717) is 6.42 Å². The third-order valence-electron chi connectivity index (χ3n) is 3.77. The van der Waals surface area contributed by atoms with Crippen molar-refractivity contribution in [2.45, 2.75) is 57.5 Å². The molecule has 22 heavy (non-hydrogen) atoms. The van der Waals surface area contributed by atoms with E-state index >= 15 is 0 Å². The maximum Gasteiger partial charge on any atom is 0.343 e. The van der Waals surface area contributed by atoms with E-state index in [2.05, 4.69) is 6.92 Å². The van der Waals surface area contributed by atoms with E-state index in [1.807, 2.05) is 5.32 Å². The highest BCUT2D eigenvalue weighted by atomic mass is 19.1. The number of nitrogens with zero attached hydrogens (tertiary/aromatic N) is 1. The Balaban J connectivity index is 1.94. The van der Waals surface area contributed by atoms with Gasteiger partial charge in [-0.3, -0.25) is 19.8 Å². The van der Waals surface area contributed by atoms with Crippen molar-refractivity contribution in [3.05, 3.63) is 0 Å². The van der Waals surface area contributed by atoms with Crippen LogP contribution in [0.25, 0.3) is 0 Å². The Morgan fingerprint density at radius 2 is 2.14 bits per heavy atom. The van der Waals surface area contributed by atoms with Crippen LogP contribution in [0.3, 0.4) is 0 Å². The molecule has 0 spiro atoms. The summed E-state index contributed by atoms with van der Waals surface area (Å²) in [5.74, 6) is -4.06. The molecule has 2 rings (SSSR count). The van der Waals surface area contributed by atoms with Gasteiger partial charge in [0.05, 0.1) is 13.2 Å². The Labute approximate surface area is 128 Å². The van der Waals surface area contributed by atoms with Crippen molar-refractivity contribution in [1.82, 2.24) is 10.2 Å². The molecule has 8 heteroatoms. The van der Waals surface area contributed by atoms with Crippen LogP contribution in [0.5, 0.6) is 0 Å². The third-order valence-corrected chi connectivity index (χ3v) is 3.77. The molecule has 1 unspecified atom stereocenters. The van der Waals surface area contributed by atoms with E-state index in [0.717, 1.165) is 30.6 Å². The fraction of sp³-hybridized carbons (Fsp3) is 0.786. The molecule has 2 heterocycles. The number of carbonyl (C=O) groups is 3. The molecule has 2 saturated heterocycles. The molecule has 0 radical (unpaired) electrons. The zero-order valence-electron chi connectivity index (χ0n) is 12.6. The number of alkyl halides is 1. The fourth-order valence-electron chi connectivity index (χ4n) is 2.60. The molecule has 0 saturated carbocycles. The molecule has 7 nitrogen and oxygen atoms in total. The number of unbranched alkanes of at least 4 members (excludes halogenated alkanes) is 4. The summed E-state index contributed by atoms with van der Waals surface area (Å²) in [5, 5.41) is 1.87.